The van der Waals surface area contributed by atoms with E-state index in [2.05, 4.69) is 17.1 Å². The van der Waals surface area contributed by atoms with Crippen LogP contribution in [0.3, 0.4) is 0 Å². The standard InChI is InChI=1S/C18H33N3O2/c1-2-19-16(20-14-18(22)6-4-3-5-7-18)21-11-8-17(15-21)9-12-23-13-10-17/h22H,2-15H2,1H3,(H,19,20). The molecule has 3 rings (SSSR count). The van der Waals surface area contributed by atoms with Crippen molar-refractivity contribution >= 4 is 5.96 Å². The minimum atomic E-state index is -0.574. The van der Waals surface area contributed by atoms with Crippen molar-refractivity contribution in [3.8, 4) is 0 Å². The summed E-state index contributed by atoms with van der Waals surface area (Å²) in [5.74, 6) is 0.995. The molecule has 3 fully saturated rings. The number of nitrogens with one attached hydrogen (secondary N) is 1. The van der Waals surface area contributed by atoms with Gasteiger partial charge in [-0.25, -0.2) is 0 Å². The van der Waals surface area contributed by atoms with Crippen molar-refractivity contribution in [3.05, 3.63) is 0 Å². The monoisotopic (exact) mass is 323 g/mol. The first-order valence-corrected chi connectivity index (χ1v) is 9.48. The first kappa shape index (κ1) is 17.0. The number of aliphatic imine (C=N–C) groups is 1. The van der Waals surface area contributed by atoms with Gasteiger partial charge in [-0.1, -0.05) is 19.3 Å². The highest BCUT2D eigenvalue weighted by atomic mass is 16.5. The van der Waals surface area contributed by atoms with Crippen LogP contribution in [0.5, 0.6) is 0 Å². The van der Waals surface area contributed by atoms with Gasteiger partial charge in [0.1, 0.15) is 0 Å². The fourth-order valence-electron chi connectivity index (χ4n) is 4.34. The van der Waals surface area contributed by atoms with E-state index in [1.54, 1.807) is 0 Å². The maximum Gasteiger partial charge on any atom is 0.194 e. The number of hydrogen-bond acceptors (Lipinski definition) is 3. The highest BCUT2D eigenvalue weighted by Gasteiger charge is 2.40. The molecule has 5 heteroatoms. The Balaban J connectivity index is 1.63. The van der Waals surface area contributed by atoms with Crippen LogP contribution in [0.2, 0.25) is 0 Å². The van der Waals surface area contributed by atoms with Gasteiger partial charge in [-0.2, -0.15) is 0 Å². The van der Waals surface area contributed by atoms with E-state index in [0.717, 1.165) is 64.5 Å². The summed E-state index contributed by atoms with van der Waals surface area (Å²) in [5.41, 5.74) is -0.148. The molecular formula is C18H33N3O2. The zero-order valence-electron chi connectivity index (χ0n) is 14.6. The van der Waals surface area contributed by atoms with Crippen molar-refractivity contribution in [2.24, 2.45) is 10.4 Å². The molecule has 0 amide bonds. The number of ether oxygens (including phenoxy) is 1. The second kappa shape index (κ2) is 7.39. The molecule has 0 atom stereocenters. The smallest absolute Gasteiger partial charge is 0.194 e. The Labute approximate surface area is 140 Å². The molecule has 2 N–H and O–H groups in total. The first-order chi connectivity index (χ1) is 11.1. The minimum Gasteiger partial charge on any atom is -0.388 e. The van der Waals surface area contributed by atoms with Crippen LogP contribution in [0.4, 0.5) is 0 Å². The molecule has 1 saturated carbocycles. The predicted molar refractivity (Wildman–Crippen MR) is 92.7 cm³/mol. The van der Waals surface area contributed by atoms with Crippen LogP contribution >= 0.6 is 0 Å². The molecule has 0 radical (unpaired) electrons. The molecule has 0 aromatic carbocycles. The van der Waals surface area contributed by atoms with E-state index < -0.39 is 5.60 Å². The van der Waals surface area contributed by atoms with Crippen LogP contribution in [0.25, 0.3) is 0 Å². The second-order valence-electron chi connectivity index (χ2n) is 7.74. The number of aliphatic hydroxyl groups is 1. The van der Waals surface area contributed by atoms with E-state index in [1.807, 2.05) is 0 Å². The Kier molecular flexibility index (Phi) is 5.47. The van der Waals surface area contributed by atoms with Gasteiger partial charge in [0.15, 0.2) is 5.96 Å². The molecule has 0 bridgehead atoms. The molecule has 2 aliphatic heterocycles. The summed E-state index contributed by atoms with van der Waals surface area (Å²) in [7, 11) is 0. The van der Waals surface area contributed by atoms with Crippen molar-refractivity contribution in [1.29, 1.82) is 0 Å². The number of rotatable bonds is 3. The highest BCUT2D eigenvalue weighted by Crippen LogP contribution is 2.39. The summed E-state index contributed by atoms with van der Waals surface area (Å²) in [5, 5.41) is 14.1. The number of hydrogen-bond donors (Lipinski definition) is 2. The second-order valence-corrected chi connectivity index (χ2v) is 7.74. The fraction of sp³-hybridized carbons (Fsp3) is 0.944. The normalized spacial score (nSPS) is 27.4. The Hall–Kier alpha value is -0.810. The maximum atomic E-state index is 10.7. The Morgan fingerprint density at radius 2 is 1.87 bits per heavy atom. The van der Waals surface area contributed by atoms with Gasteiger partial charge in [0.05, 0.1) is 12.1 Å². The van der Waals surface area contributed by atoms with Crippen LogP contribution in [-0.4, -0.2) is 61.0 Å². The summed E-state index contributed by atoms with van der Waals surface area (Å²) >= 11 is 0. The number of nitrogens with zero attached hydrogens (tertiary/aromatic N) is 2. The number of guanidine groups is 1. The van der Waals surface area contributed by atoms with E-state index >= 15 is 0 Å². The van der Waals surface area contributed by atoms with Gasteiger partial charge < -0.3 is 20.1 Å². The third kappa shape index (κ3) is 4.18. The van der Waals surface area contributed by atoms with Gasteiger partial charge in [0.25, 0.3) is 0 Å². The SMILES string of the molecule is CCNC(=NCC1(O)CCCCC1)N1CCC2(CCOCC2)C1. The van der Waals surface area contributed by atoms with E-state index in [9.17, 15) is 5.11 Å². The van der Waals surface area contributed by atoms with Crippen molar-refractivity contribution < 1.29 is 9.84 Å². The van der Waals surface area contributed by atoms with E-state index in [1.165, 1.54) is 25.7 Å². The van der Waals surface area contributed by atoms with Crippen LogP contribution in [0.1, 0.15) is 58.3 Å². The lowest BCUT2D eigenvalue weighted by Gasteiger charge is -2.34. The molecule has 1 aliphatic carbocycles. The summed E-state index contributed by atoms with van der Waals surface area (Å²) < 4.78 is 5.54. The van der Waals surface area contributed by atoms with Gasteiger partial charge in [0.2, 0.25) is 0 Å². The maximum absolute atomic E-state index is 10.7. The Morgan fingerprint density at radius 3 is 2.57 bits per heavy atom. The fourth-order valence-corrected chi connectivity index (χ4v) is 4.34. The lowest BCUT2D eigenvalue weighted by molar-refractivity contribution is 0.0128. The van der Waals surface area contributed by atoms with E-state index in [4.69, 9.17) is 9.73 Å². The molecule has 0 unspecified atom stereocenters. The third-order valence-corrected chi connectivity index (χ3v) is 5.93. The molecule has 0 aromatic heterocycles. The molecular weight excluding hydrogens is 290 g/mol. The Bertz CT molecular complexity index is 412. The first-order valence-electron chi connectivity index (χ1n) is 9.48. The lowest BCUT2D eigenvalue weighted by Crippen LogP contribution is -2.44. The average molecular weight is 323 g/mol. The predicted octanol–water partition coefficient (Wildman–Crippen LogP) is 2.15. The van der Waals surface area contributed by atoms with Crippen molar-refractivity contribution in [2.75, 3.05) is 39.4 Å². The Morgan fingerprint density at radius 1 is 1.13 bits per heavy atom. The quantitative estimate of drug-likeness (QED) is 0.617. The summed E-state index contributed by atoms with van der Waals surface area (Å²) in [6.07, 6.45) is 8.91. The van der Waals surface area contributed by atoms with Gasteiger partial charge >= 0.3 is 0 Å². The molecule has 132 valence electrons. The molecule has 1 spiro atoms. The highest BCUT2D eigenvalue weighted by molar-refractivity contribution is 5.80. The molecule has 5 nitrogen and oxygen atoms in total. The topological polar surface area (TPSA) is 57.1 Å². The van der Waals surface area contributed by atoms with Gasteiger partial charge in [-0.15, -0.1) is 0 Å². The van der Waals surface area contributed by atoms with Gasteiger partial charge in [-0.05, 0) is 44.4 Å². The van der Waals surface area contributed by atoms with Crippen LogP contribution in [-0.2, 0) is 4.74 Å². The average Bonchev–Trinajstić information content (AvgIpc) is 2.96. The summed E-state index contributed by atoms with van der Waals surface area (Å²) in [6, 6.07) is 0. The molecule has 3 aliphatic rings. The van der Waals surface area contributed by atoms with Crippen LogP contribution < -0.4 is 5.32 Å². The molecule has 2 saturated heterocycles. The van der Waals surface area contributed by atoms with E-state index in [-0.39, 0.29) is 0 Å². The molecule has 2 heterocycles. The van der Waals surface area contributed by atoms with Crippen molar-refractivity contribution in [1.82, 2.24) is 10.2 Å². The van der Waals surface area contributed by atoms with Crippen LogP contribution in [0.15, 0.2) is 4.99 Å². The van der Waals surface area contributed by atoms with Crippen LogP contribution in [0, 0.1) is 5.41 Å². The third-order valence-electron chi connectivity index (χ3n) is 5.93. The summed E-state index contributed by atoms with van der Waals surface area (Å²) in [4.78, 5) is 7.22. The largest absolute Gasteiger partial charge is 0.388 e. The van der Waals surface area contributed by atoms with Crippen molar-refractivity contribution in [3.63, 3.8) is 0 Å². The van der Waals surface area contributed by atoms with Crippen molar-refractivity contribution in [2.45, 2.75) is 63.9 Å². The number of likely N-dealkylation sites (tertiary alicyclic amines) is 1. The minimum absolute atomic E-state index is 0.427. The van der Waals surface area contributed by atoms with E-state index in [0.29, 0.717) is 12.0 Å². The van der Waals surface area contributed by atoms with Gasteiger partial charge in [-0.3, -0.25) is 4.99 Å². The zero-order valence-corrected chi connectivity index (χ0v) is 14.6. The lowest BCUT2D eigenvalue weighted by atomic mass is 9.80. The zero-order chi connectivity index (χ0) is 16.2. The summed E-state index contributed by atoms with van der Waals surface area (Å²) in [6.45, 7) is 7.50. The molecule has 0 aromatic rings. The van der Waals surface area contributed by atoms with Gasteiger partial charge in [0, 0.05) is 32.8 Å². The molecule has 23 heavy (non-hydrogen) atoms.